The molecule has 0 saturated carbocycles. The van der Waals surface area contributed by atoms with Crippen molar-refractivity contribution in [2.75, 3.05) is 5.32 Å². The van der Waals surface area contributed by atoms with Crippen molar-refractivity contribution in [2.45, 2.75) is 19.4 Å². The van der Waals surface area contributed by atoms with Gasteiger partial charge in [0.2, 0.25) is 0 Å². The molecule has 1 atom stereocenters. The van der Waals surface area contributed by atoms with Gasteiger partial charge in [-0.1, -0.05) is 29.8 Å². The van der Waals surface area contributed by atoms with Crippen LogP contribution in [0.1, 0.15) is 30.5 Å². The van der Waals surface area contributed by atoms with E-state index in [9.17, 15) is 17.6 Å². The fraction of sp³-hybridized carbons (Fsp3) is 0.176. The van der Waals surface area contributed by atoms with Crippen molar-refractivity contribution >= 4 is 28.2 Å². The van der Waals surface area contributed by atoms with Gasteiger partial charge >= 0.3 is 0 Å². The third kappa shape index (κ3) is 3.37. The summed E-state index contributed by atoms with van der Waals surface area (Å²) >= 11 is 5.84. The lowest BCUT2D eigenvalue weighted by atomic mass is 10.0. The number of aromatic nitrogens is 2. The summed E-state index contributed by atoms with van der Waals surface area (Å²) in [6.45, 7) is 1.54. The van der Waals surface area contributed by atoms with Gasteiger partial charge in [-0.2, -0.15) is 0 Å². The number of nitrogens with zero attached hydrogens (tertiary/aromatic N) is 2. The number of halogens is 5. The van der Waals surface area contributed by atoms with Gasteiger partial charge in [0.15, 0.2) is 5.82 Å². The standard InChI is InChI=1S/C17H12ClF4N3/c1-8(9-3-2-4-10(15(9)20)17(21)22)25-16-11-5-14(18)24-7-13(11)23-6-12(16)19/h2-8,17H,1H3,(H,23,25)/t8-/m1/s1. The van der Waals surface area contributed by atoms with Gasteiger partial charge in [0.25, 0.3) is 6.43 Å². The SMILES string of the molecule is C[C@@H](Nc1c(F)cnc2cnc(Cl)cc12)c1cccc(C(F)F)c1F. The highest BCUT2D eigenvalue weighted by Crippen LogP contribution is 2.32. The fourth-order valence-corrected chi connectivity index (χ4v) is 2.72. The first-order valence-corrected chi connectivity index (χ1v) is 7.69. The minimum absolute atomic E-state index is 0.00214. The van der Waals surface area contributed by atoms with Gasteiger partial charge in [0.05, 0.1) is 35.2 Å². The topological polar surface area (TPSA) is 37.8 Å². The van der Waals surface area contributed by atoms with Crippen molar-refractivity contribution in [3.8, 4) is 0 Å². The lowest BCUT2D eigenvalue weighted by Crippen LogP contribution is -2.12. The van der Waals surface area contributed by atoms with E-state index in [4.69, 9.17) is 11.6 Å². The van der Waals surface area contributed by atoms with Crippen LogP contribution in [-0.4, -0.2) is 9.97 Å². The van der Waals surface area contributed by atoms with Crippen molar-refractivity contribution in [1.82, 2.24) is 9.97 Å². The quantitative estimate of drug-likeness (QED) is 0.475. The summed E-state index contributed by atoms with van der Waals surface area (Å²) in [5.74, 6) is -1.69. The van der Waals surface area contributed by atoms with Crippen molar-refractivity contribution < 1.29 is 17.6 Å². The number of hydrogen-bond donors (Lipinski definition) is 1. The van der Waals surface area contributed by atoms with E-state index in [2.05, 4.69) is 15.3 Å². The lowest BCUT2D eigenvalue weighted by Gasteiger charge is -2.19. The van der Waals surface area contributed by atoms with Crippen LogP contribution in [0.15, 0.2) is 36.7 Å². The van der Waals surface area contributed by atoms with E-state index in [1.54, 1.807) is 6.92 Å². The highest BCUT2D eigenvalue weighted by atomic mass is 35.5. The molecule has 3 rings (SSSR count). The normalized spacial score (nSPS) is 12.6. The Morgan fingerprint density at radius 3 is 2.52 bits per heavy atom. The first-order valence-electron chi connectivity index (χ1n) is 7.31. The van der Waals surface area contributed by atoms with Crippen LogP contribution in [0.5, 0.6) is 0 Å². The maximum Gasteiger partial charge on any atom is 0.266 e. The number of nitrogens with one attached hydrogen (secondary N) is 1. The number of fused-ring (bicyclic) bond motifs is 1. The molecule has 0 amide bonds. The van der Waals surface area contributed by atoms with Gasteiger partial charge in [0, 0.05) is 10.9 Å². The van der Waals surface area contributed by atoms with E-state index in [0.29, 0.717) is 10.9 Å². The zero-order valence-electron chi connectivity index (χ0n) is 12.9. The van der Waals surface area contributed by atoms with Gasteiger partial charge in [-0.25, -0.2) is 22.5 Å². The number of anilines is 1. The number of rotatable bonds is 4. The molecule has 0 unspecified atom stereocenters. The summed E-state index contributed by atoms with van der Waals surface area (Å²) in [5.41, 5.74) is -0.258. The largest absolute Gasteiger partial charge is 0.375 e. The average Bonchev–Trinajstić information content (AvgIpc) is 2.57. The van der Waals surface area contributed by atoms with Gasteiger partial charge in [-0.15, -0.1) is 0 Å². The van der Waals surface area contributed by atoms with E-state index in [1.165, 1.54) is 24.4 Å². The van der Waals surface area contributed by atoms with Crippen LogP contribution >= 0.6 is 11.6 Å². The van der Waals surface area contributed by atoms with E-state index < -0.39 is 29.7 Å². The minimum Gasteiger partial charge on any atom is -0.375 e. The third-order valence-electron chi connectivity index (χ3n) is 3.80. The smallest absolute Gasteiger partial charge is 0.266 e. The molecule has 1 N–H and O–H groups in total. The molecule has 2 aromatic heterocycles. The van der Waals surface area contributed by atoms with Crippen molar-refractivity contribution in [1.29, 1.82) is 0 Å². The maximum absolute atomic E-state index is 14.3. The molecular weight excluding hydrogens is 358 g/mol. The summed E-state index contributed by atoms with van der Waals surface area (Å²) < 4.78 is 54.3. The molecule has 25 heavy (non-hydrogen) atoms. The minimum atomic E-state index is -2.93. The maximum atomic E-state index is 14.3. The molecule has 130 valence electrons. The summed E-state index contributed by atoms with van der Waals surface area (Å²) in [4.78, 5) is 7.78. The molecule has 8 heteroatoms. The van der Waals surface area contributed by atoms with Gasteiger partial charge in [-0.05, 0) is 13.0 Å². The molecule has 3 nitrogen and oxygen atoms in total. The number of benzene rings is 1. The van der Waals surface area contributed by atoms with Crippen LogP contribution < -0.4 is 5.32 Å². The molecule has 3 aromatic rings. The monoisotopic (exact) mass is 369 g/mol. The van der Waals surface area contributed by atoms with Crippen LogP contribution in [0, 0.1) is 11.6 Å². The van der Waals surface area contributed by atoms with E-state index >= 15 is 0 Å². The lowest BCUT2D eigenvalue weighted by molar-refractivity contribution is 0.146. The second-order valence-corrected chi connectivity index (χ2v) is 5.81. The summed E-state index contributed by atoms with van der Waals surface area (Å²) in [6.07, 6.45) is -0.556. The molecular formula is C17H12ClF4N3. The van der Waals surface area contributed by atoms with Crippen molar-refractivity contribution in [2.24, 2.45) is 0 Å². The Morgan fingerprint density at radius 2 is 1.80 bits per heavy atom. The van der Waals surface area contributed by atoms with E-state index in [-0.39, 0.29) is 16.4 Å². The molecule has 1 aromatic carbocycles. The van der Waals surface area contributed by atoms with Gasteiger partial charge < -0.3 is 5.32 Å². The van der Waals surface area contributed by atoms with Gasteiger partial charge in [-0.3, -0.25) is 4.98 Å². The predicted octanol–water partition coefficient (Wildman–Crippen LogP) is 5.67. The average molecular weight is 370 g/mol. The Bertz CT molecular complexity index is 928. The van der Waals surface area contributed by atoms with Crippen LogP contribution in [0.2, 0.25) is 5.15 Å². The Kier molecular flexibility index (Phi) is 4.76. The molecule has 0 fully saturated rings. The van der Waals surface area contributed by atoms with E-state index in [0.717, 1.165) is 12.3 Å². The second-order valence-electron chi connectivity index (χ2n) is 5.42. The summed E-state index contributed by atoms with van der Waals surface area (Å²) in [5, 5.41) is 3.32. The predicted molar refractivity (Wildman–Crippen MR) is 87.9 cm³/mol. The Hall–Kier alpha value is -2.41. The molecule has 0 spiro atoms. The van der Waals surface area contributed by atoms with Crippen LogP contribution in [0.3, 0.4) is 0 Å². The first kappa shape index (κ1) is 17.4. The Morgan fingerprint density at radius 1 is 1.08 bits per heavy atom. The van der Waals surface area contributed by atoms with Crippen molar-refractivity contribution in [3.63, 3.8) is 0 Å². The highest BCUT2D eigenvalue weighted by molar-refractivity contribution is 6.30. The molecule has 0 aliphatic carbocycles. The van der Waals surface area contributed by atoms with Crippen LogP contribution in [0.4, 0.5) is 23.2 Å². The zero-order valence-corrected chi connectivity index (χ0v) is 13.7. The Labute approximate surface area is 145 Å². The van der Waals surface area contributed by atoms with Crippen LogP contribution in [-0.2, 0) is 0 Å². The molecule has 0 aliphatic heterocycles. The summed E-state index contributed by atoms with van der Waals surface area (Å²) in [6, 6.07) is 4.37. The van der Waals surface area contributed by atoms with Gasteiger partial charge in [0.1, 0.15) is 11.0 Å². The molecule has 0 saturated heterocycles. The number of alkyl halides is 2. The molecule has 0 aliphatic rings. The first-order chi connectivity index (χ1) is 11.9. The highest BCUT2D eigenvalue weighted by Gasteiger charge is 2.21. The van der Waals surface area contributed by atoms with E-state index in [1.807, 2.05) is 0 Å². The Balaban J connectivity index is 2.03. The second kappa shape index (κ2) is 6.84. The molecule has 0 bridgehead atoms. The molecule has 0 radical (unpaired) electrons. The van der Waals surface area contributed by atoms with Crippen molar-refractivity contribution in [3.05, 3.63) is 64.6 Å². The van der Waals surface area contributed by atoms with Crippen LogP contribution in [0.25, 0.3) is 10.9 Å². The number of pyridine rings is 2. The zero-order chi connectivity index (χ0) is 18.1. The fourth-order valence-electron chi connectivity index (χ4n) is 2.56. The molecule has 2 heterocycles. The number of hydrogen-bond acceptors (Lipinski definition) is 3. The third-order valence-corrected chi connectivity index (χ3v) is 4.00. The summed E-state index contributed by atoms with van der Waals surface area (Å²) in [7, 11) is 0.